The lowest BCUT2D eigenvalue weighted by atomic mass is 10.1. The molecule has 1 N–H and O–H groups in total. The van der Waals surface area contributed by atoms with Crippen LogP contribution in [0.2, 0.25) is 5.02 Å². The Balaban J connectivity index is 0.00000162. The second-order valence-electron chi connectivity index (χ2n) is 4.45. The molecule has 1 aliphatic heterocycles. The number of hydrogen-bond donors (Lipinski definition) is 1. The molecule has 0 spiro atoms. The molecule has 0 saturated carbocycles. The monoisotopic (exact) mass is 289 g/mol. The summed E-state index contributed by atoms with van der Waals surface area (Å²) in [4.78, 5) is 13.2. The number of piperidine rings is 1. The van der Waals surface area contributed by atoms with Crippen molar-refractivity contribution in [2.45, 2.75) is 25.8 Å². The van der Waals surface area contributed by atoms with E-state index in [1.165, 1.54) is 25.3 Å². The van der Waals surface area contributed by atoms with Crippen LogP contribution in [0.25, 0.3) is 0 Å². The number of carboxylic acids is 1. The molecule has 1 aliphatic rings. The number of likely N-dealkylation sites (tertiary alicyclic amines) is 1. The summed E-state index contributed by atoms with van der Waals surface area (Å²) in [5.74, 6) is -0.934. The highest BCUT2D eigenvalue weighted by Gasteiger charge is 2.13. The fraction of sp³-hybridized carbons (Fsp3) is 0.462. The Labute approximate surface area is 118 Å². The van der Waals surface area contributed by atoms with Gasteiger partial charge in [-0.25, -0.2) is 4.79 Å². The average Bonchev–Trinajstić information content (AvgIpc) is 2.33. The fourth-order valence-corrected chi connectivity index (χ4v) is 2.41. The van der Waals surface area contributed by atoms with Crippen LogP contribution in [0.3, 0.4) is 0 Å². The first-order chi connectivity index (χ1) is 8.16. The largest absolute Gasteiger partial charge is 0.478 e. The first kappa shape index (κ1) is 15.3. The lowest BCUT2D eigenvalue weighted by molar-refractivity contribution is 0.0697. The molecule has 1 saturated heterocycles. The van der Waals surface area contributed by atoms with Crippen molar-refractivity contribution in [1.29, 1.82) is 0 Å². The number of carboxylic acid groups (broad SMARTS) is 1. The van der Waals surface area contributed by atoms with E-state index in [-0.39, 0.29) is 18.0 Å². The van der Waals surface area contributed by atoms with Gasteiger partial charge in [-0.2, -0.15) is 0 Å². The molecule has 0 atom stereocenters. The number of aromatic carboxylic acids is 1. The number of rotatable bonds is 3. The Morgan fingerprint density at radius 3 is 2.50 bits per heavy atom. The van der Waals surface area contributed by atoms with Crippen LogP contribution in [0.4, 0.5) is 0 Å². The molecule has 1 heterocycles. The third-order valence-electron chi connectivity index (χ3n) is 3.14. The van der Waals surface area contributed by atoms with Crippen molar-refractivity contribution in [3.8, 4) is 0 Å². The molecule has 1 aromatic carbocycles. The van der Waals surface area contributed by atoms with Crippen molar-refractivity contribution in [2.75, 3.05) is 13.1 Å². The van der Waals surface area contributed by atoms with E-state index in [9.17, 15) is 4.79 Å². The lowest BCUT2D eigenvalue weighted by Crippen LogP contribution is -2.29. The summed E-state index contributed by atoms with van der Waals surface area (Å²) >= 11 is 6.10. The van der Waals surface area contributed by atoms with Crippen LogP contribution in [0, 0.1) is 0 Å². The number of benzene rings is 1. The summed E-state index contributed by atoms with van der Waals surface area (Å²) in [7, 11) is 0. The minimum absolute atomic E-state index is 0. The standard InChI is InChI=1S/C13H16ClNO2.ClH/c14-12-8-10(13(16)17)4-5-11(12)9-15-6-2-1-3-7-15;/h4-5,8H,1-3,6-7,9H2,(H,16,17);1H. The number of carbonyl (C=O) groups is 1. The summed E-state index contributed by atoms with van der Waals surface area (Å²) in [5, 5.41) is 9.40. The molecule has 0 unspecified atom stereocenters. The van der Waals surface area contributed by atoms with E-state index in [4.69, 9.17) is 16.7 Å². The molecular formula is C13H17Cl2NO2. The molecule has 1 fully saturated rings. The molecular weight excluding hydrogens is 273 g/mol. The quantitative estimate of drug-likeness (QED) is 0.927. The maximum atomic E-state index is 10.8. The van der Waals surface area contributed by atoms with Crippen LogP contribution in [0.5, 0.6) is 0 Å². The molecule has 2 rings (SSSR count). The molecule has 18 heavy (non-hydrogen) atoms. The Bertz CT molecular complexity index is 417. The maximum Gasteiger partial charge on any atom is 0.335 e. The predicted molar refractivity (Wildman–Crippen MR) is 74.8 cm³/mol. The van der Waals surface area contributed by atoms with Gasteiger partial charge < -0.3 is 5.11 Å². The van der Waals surface area contributed by atoms with Crippen LogP contribution in [-0.4, -0.2) is 29.1 Å². The highest BCUT2D eigenvalue weighted by molar-refractivity contribution is 6.31. The number of hydrogen-bond acceptors (Lipinski definition) is 2. The van der Waals surface area contributed by atoms with Crippen molar-refractivity contribution < 1.29 is 9.90 Å². The fourth-order valence-electron chi connectivity index (χ4n) is 2.17. The summed E-state index contributed by atoms with van der Waals surface area (Å²) in [6.07, 6.45) is 3.79. The van der Waals surface area contributed by atoms with Gasteiger partial charge in [0.15, 0.2) is 0 Å². The minimum atomic E-state index is -0.934. The van der Waals surface area contributed by atoms with Crippen molar-refractivity contribution in [1.82, 2.24) is 4.90 Å². The van der Waals surface area contributed by atoms with Crippen LogP contribution < -0.4 is 0 Å². The molecule has 3 nitrogen and oxygen atoms in total. The van der Waals surface area contributed by atoms with Gasteiger partial charge in [0, 0.05) is 11.6 Å². The normalized spacial score (nSPS) is 16.1. The van der Waals surface area contributed by atoms with Gasteiger partial charge >= 0.3 is 5.97 Å². The maximum absolute atomic E-state index is 10.8. The molecule has 0 amide bonds. The molecule has 100 valence electrons. The van der Waals surface area contributed by atoms with Crippen molar-refractivity contribution in [2.24, 2.45) is 0 Å². The van der Waals surface area contributed by atoms with Crippen LogP contribution in [-0.2, 0) is 6.54 Å². The Kier molecular flexibility index (Phi) is 5.93. The van der Waals surface area contributed by atoms with Gasteiger partial charge in [0.25, 0.3) is 0 Å². The second-order valence-corrected chi connectivity index (χ2v) is 4.86. The van der Waals surface area contributed by atoms with E-state index in [2.05, 4.69) is 4.90 Å². The van der Waals surface area contributed by atoms with Crippen molar-refractivity contribution in [3.63, 3.8) is 0 Å². The van der Waals surface area contributed by atoms with E-state index in [1.54, 1.807) is 6.07 Å². The van der Waals surface area contributed by atoms with Crippen LogP contribution in [0.15, 0.2) is 18.2 Å². The van der Waals surface area contributed by atoms with Gasteiger partial charge in [-0.15, -0.1) is 12.4 Å². The minimum Gasteiger partial charge on any atom is -0.478 e. The highest BCUT2D eigenvalue weighted by atomic mass is 35.5. The first-order valence-electron chi connectivity index (χ1n) is 5.91. The molecule has 1 aromatic rings. The summed E-state index contributed by atoms with van der Waals surface area (Å²) in [6, 6.07) is 4.97. The highest BCUT2D eigenvalue weighted by Crippen LogP contribution is 2.21. The molecule has 0 aliphatic carbocycles. The van der Waals surface area contributed by atoms with Gasteiger partial charge in [0.2, 0.25) is 0 Å². The van der Waals surface area contributed by atoms with E-state index in [0.717, 1.165) is 25.2 Å². The predicted octanol–water partition coefficient (Wildman–Crippen LogP) is 3.45. The smallest absolute Gasteiger partial charge is 0.335 e. The Morgan fingerprint density at radius 2 is 1.94 bits per heavy atom. The Morgan fingerprint density at radius 1 is 1.28 bits per heavy atom. The summed E-state index contributed by atoms with van der Waals surface area (Å²) in [6.45, 7) is 3.03. The van der Waals surface area contributed by atoms with E-state index < -0.39 is 5.97 Å². The third kappa shape index (κ3) is 3.87. The molecule has 0 radical (unpaired) electrons. The van der Waals surface area contributed by atoms with Gasteiger partial charge in [-0.1, -0.05) is 24.1 Å². The third-order valence-corrected chi connectivity index (χ3v) is 3.49. The molecule has 0 bridgehead atoms. The van der Waals surface area contributed by atoms with Gasteiger partial charge in [0.1, 0.15) is 0 Å². The number of nitrogens with zero attached hydrogens (tertiary/aromatic N) is 1. The van der Waals surface area contributed by atoms with Crippen molar-refractivity contribution >= 4 is 30.0 Å². The van der Waals surface area contributed by atoms with Crippen LogP contribution in [0.1, 0.15) is 35.2 Å². The molecule has 5 heteroatoms. The van der Waals surface area contributed by atoms with E-state index in [1.807, 2.05) is 6.07 Å². The van der Waals surface area contributed by atoms with Gasteiger partial charge in [-0.05, 0) is 43.6 Å². The van der Waals surface area contributed by atoms with E-state index in [0.29, 0.717) is 5.02 Å². The summed E-state index contributed by atoms with van der Waals surface area (Å²) in [5.41, 5.74) is 1.26. The van der Waals surface area contributed by atoms with Crippen LogP contribution >= 0.6 is 24.0 Å². The SMILES string of the molecule is Cl.O=C(O)c1ccc(CN2CCCCC2)c(Cl)c1. The van der Waals surface area contributed by atoms with Crippen molar-refractivity contribution in [3.05, 3.63) is 34.3 Å². The first-order valence-corrected chi connectivity index (χ1v) is 6.28. The van der Waals surface area contributed by atoms with E-state index >= 15 is 0 Å². The zero-order valence-electron chi connectivity index (χ0n) is 10.1. The van der Waals surface area contributed by atoms with Gasteiger partial charge in [0.05, 0.1) is 5.56 Å². The summed E-state index contributed by atoms with van der Waals surface area (Å²) < 4.78 is 0. The topological polar surface area (TPSA) is 40.5 Å². The lowest BCUT2D eigenvalue weighted by Gasteiger charge is -2.26. The zero-order valence-corrected chi connectivity index (χ0v) is 11.6. The average molecular weight is 290 g/mol. The number of halogens is 2. The second kappa shape index (κ2) is 6.98. The zero-order chi connectivity index (χ0) is 12.3. The Hall–Kier alpha value is -0.770. The molecule has 0 aromatic heterocycles. The van der Waals surface area contributed by atoms with Gasteiger partial charge in [-0.3, -0.25) is 4.90 Å².